The molecule has 1 aromatic carbocycles. The van der Waals surface area contributed by atoms with E-state index in [4.69, 9.17) is 5.73 Å². The Hall–Kier alpha value is -2.34. The predicted octanol–water partition coefficient (Wildman–Crippen LogP) is 1.44. The van der Waals surface area contributed by atoms with Gasteiger partial charge in [-0.25, -0.2) is 0 Å². The molecule has 1 aliphatic rings. The highest BCUT2D eigenvalue weighted by molar-refractivity contribution is 5.98. The highest BCUT2D eigenvalue weighted by atomic mass is 16.2. The summed E-state index contributed by atoms with van der Waals surface area (Å²) in [5.74, 6) is 0.0673. The molecule has 1 aliphatic heterocycles. The maximum atomic E-state index is 12.7. The van der Waals surface area contributed by atoms with Crippen LogP contribution in [0.4, 0.5) is 0 Å². The van der Waals surface area contributed by atoms with Crippen molar-refractivity contribution in [3.8, 4) is 0 Å². The van der Waals surface area contributed by atoms with Gasteiger partial charge in [0.25, 0.3) is 5.91 Å². The van der Waals surface area contributed by atoms with Crippen LogP contribution in [0, 0.1) is 5.92 Å². The first-order valence-electron chi connectivity index (χ1n) is 8.39. The standard InChI is InChI=1S/C18H24N4O2/c1-12(2)16(19)18(24)22-9-7-21(8-10-22)17(23)15-11-13-5-3-4-6-14(13)20-15/h3-6,11-12,16,20H,7-10,19H2,1-2H3/t16-/m0/s1. The number of fused-ring (bicyclic) bond motifs is 1. The van der Waals surface area contributed by atoms with Gasteiger partial charge in [0.05, 0.1) is 6.04 Å². The summed E-state index contributed by atoms with van der Waals surface area (Å²) in [5, 5.41) is 1.03. The number of rotatable bonds is 3. The lowest BCUT2D eigenvalue weighted by molar-refractivity contribution is -0.135. The van der Waals surface area contributed by atoms with Crippen molar-refractivity contribution in [2.45, 2.75) is 19.9 Å². The Bertz CT molecular complexity index is 711. The van der Waals surface area contributed by atoms with Crippen molar-refractivity contribution in [3.63, 3.8) is 0 Å². The topological polar surface area (TPSA) is 82.4 Å². The molecule has 6 nitrogen and oxygen atoms in total. The zero-order valence-electron chi connectivity index (χ0n) is 14.2. The molecule has 1 fully saturated rings. The van der Waals surface area contributed by atoms with E-state index in [1.165, 1.54) is 0 Å². The average Bonchev–Trinajstić information content (AvgIpc) is 3.04. The van der Waals surface area contributed by atoms with Crippen molar-refractivity contribution < 1.29 is 9.59 Å². The number of nitrogens with one attached hydrogen (secondary N) is 1. The lowest BCUT2D eigenvalue weighted by Gasteiger charge is -2.36. The second-order valence-corrected chi connectivity index (χ2v) is 6.66. The zero-order valence-corrected chi connectivity index (χ0v) is 14.2. The summed E-state index contributed by atoms with van der Waals surface area (Å²) in [4.78, 5) is 31.7. The highest BCUT2D eigenvalue weighted by Crippen LogP contribution is 2.17. The van der Waals surface area contributed by atoms with Crippen LogP contribution in [0.25, 0.3) is 10.9 Å². The van der Waals surface area contributed by atoms with Gasteiger partial charge in [-0.2, -0.15) is 0 Å². The third-order valence-electron chi connectivity index (χ3n) is 4.64. The van der Waals surface area contributed by atoms with E-state index in [0.717, 1.165) is 10.9 Å². The van der Waals surface area contributed by atoms with Gasteiger partial charge in [-0.15, -0.1) is 0 Å². The van der Waals surface area contributed by atoms with Gasteiger partial charge >= 0.3 is 0 Å². The van der Waals surface area contributed by atoms with E-state index >= 15 is 0 Å². The van der Waals surface area contributed by atoms with Crippen LogP contribution in [0.3, 0.4) is 0 Å². The molecule has 1 aromatic heterocycles. The third-order valence-corrected chi connectivity index (χ3v) is 4.64. The second-order valence-electron chi connectivity index (χ2n) is 6.66. The van der Waals surface area contributed by atoms with Crippen LogP contribution in [0.15, 0.2) is 30.3 Å². The van der Waals surface area contributed by atoms with Crippen LogP contribution in [-0.4, -0.2) is 58.8 Å². The van der Waals surface area contributed by atoms with Crippen LogP contribution in [0.2, 0.25) is 0 Å². The molecule has 1 atom stereocenters. The molecule has 2 heterocycles. The summed E-state index contributed by atoms with van der Waals surface area (Å²) in [6.07, 6.45) is 0. The molecule has 1 saturated heterocycles. The molecule has 2 amide bonds. The Labute approximate surface area is 141 Å². The number of nitrogens with zero attached hydrogens (tertiary/aromatic N) is 2. The molecule has 0 unspecified atom stereocenters. The number of hydrogen-bond donors (Lipinski definition) is 2. The minimum atomic E-state index is -0.471. The van der Waals surface area contributed by atoms with Gasteiger partial charge in [-0.1, -0.05) is 32.0 Å². The van der Waals surface area contributed by atoms with E-state index in [9.17, 15) is 9.59 Å². The van der Waals surface area contributed by atoms with Gasteiger partial charge in [0.2, 0.25) is 5.91 Å². The van der Waals surface area contributed by atoms with Gasteiger partial charge in [-0.3, -0.25) is 9.59 Å². The molecule has 0 bridgehead atoms. The fraction of sp³-hybridized carbons (Fsp3) is 0.444. The van der Waals surface area contributed by atoms with Crippen molar-refractivity contribution in [1.82, 2.24) is 14.8 Å². The fourth-order valence-corrected chi connectivity index (χ4v) is 2.98. The van der Waals surface area contributed by atoms with Crippen molar-refractivity contribution in [1.29, 1.82) is 0 Å². The first kappa shape index (κ1) is 16.5. The Kier molecular flexibility index (Phi) is 4.57. The minimum absolute atomic E-state index is 0.0218. The number of amides is 2. The second kappa shape index (κ2) is 6.65. The summed E-state index contributed by atoms with van der Waals surface area (Å²) in [6.45, 7) is 6.02. The lowest BCUT2D eigenvalue weighted by atomic mass is 10.0. The summed E-state index contributed by atoms with van der Waals surface area (Å²) in [6, 6.07) is 9.23. The number of hydrogen-bond acceptors (Lipinski definition) is 3. The SMILES string of the molecule is CC(C)[C@H](N)C(=O)N1CCN(C(=O)c2cc3ccccc3[nH]2)CC1. The quantitative estimate of drug-likeness (QED) is 0.894. The van der Waals surface area contributed by atoms with Gasteiger partial charge < -0.3 is 20.5 Å². The van der Waals surface area contributed by atoms with Crippen LogP contribution in [0.5, 0.6) is 0 Å². The van der Waals surface area contributed by atoms with E-state index in [0.29, 0.717) is 31.9 Å². The van der Waals surface area contributed by atoms with E-state index in [1.54, 1.807) is 9.80 Å². The molecule has 0 aliphatic carbocycles. The molecule has 0 spiro atoms. The van der Waals surface area contributed by atoms with Crippen LogP contribution >= 0.6 is 0 Å². The van der Waals surface area contributed by atoms with Crippen molar-refractivity contribution in [2.24, 2.45) is 11.7 Å². The molecule has 0 radical (unpaired) electrons. The predicted molar refractivity (Wildman–Crippen MR) is 93.6 cm³/mol. The number of aromatic amines is 1. The Morgan fingerprint density at radius 1 is 1.08 bits per heavy atom. The fourth-order valence-electron chi connectivity index (χ4n) is 2.98. The summed E-state index contributed by atoms with van der Waals surface area (Å²) >= 11 is 0. The molecule has 6 heteroatoms. The van der Waals surface area contributed by atoms with Crippen LogP contribution in [-0.2, 0) is 4.79 Å². The number of piperazine rings is 1. The Balaban J connectivity index is 1.64. The van der Waals surface area contributed by atoms with Gasteiger partial charge in [0.1, 0.15) is 5.69 Å². The van der Waals surface area contributed by atoms with E-state index in [2.05, 4.69) is 4.98 Å². The summed E-state index contributed by atoms with van der Waals surface area (Å²) in [5.41, 5.74) is 7.49. The van der Waals surface area contributed by atoms with Gasteiger partial charge in [0.15, 0.2) is 0 Å². The largest absolute Gasteiger partial charge is 0.351 e. The lowest BCUT2D eigenvalue weighted by Crippen LogP contribution is -2.55. The molecule has 2 aromatic rings. The van der Waals surface area contributed by atoms with Crippen molar-refractivity contribution in [2.75, 3.05) is 26.2 Å². The summed E-state index contributed by atoms with van der Waals surface area (Å²) < 4.78 is 0. The molecule has 24 heavy (non-hydrogen) atoms. The Morgan fingerprint density at radius 2 is 1.71 bits per heavy atom. The number of carbonyl (C=O) groups excluding carboxylic acids is 2. The number of H-pyrrole nitrogens is 1. The third kappa shape index (κ3) is 3.14. The maximum Gasteiger partial charge on any atom is 0.270 e. The van der Waals surface area contributed by atoms with E-state index in [1.807, 2.05) is 44.2 Å². The van der Waals surface area contributed by atoms with E-state index in [-0.39, 0.29) is 17.7 Å². The zero-order chi connectivity index (χ0) is 17.3. The monoisotopic (exact) mass is 328 g/mol. The van der Waals surface area contributed by atoms with Crippen LogP contribution < -0.4 is 5.73 Å². The minimum Gasteiger partial charge on any atom is -0.351 e. The first-order chi connectivity index (χ1) is 11.5. The molecule has 3 N–H and O–H groups in total. The first-order valence-corrected chi connectivity index (χ1v) is 8.39. The number of para-hydroxylation sites is 1. The number of aromatic nitrogens is 1. The molecular weight excluding hydrogens is 304 g/mol. The molecule has 128 valence electrons. The molecular formula is C18H24N4O2. The Morgan fingerprint density at radius 3 is 2.33 bits per heavy atom. The van der Waals surface area contributed by atoms with Gasteiger partial charge in [-0.05, 0) is 18.1 Å². The normalized spacial score (nSPS) is 16.7. The van der Waals surface area contributed by atoms with E-state index < -0.39 is 6.04 Å². The maximum absolute atomic E-state index is 12.7. The van der Waals surface area contributed by atoms with Crippen LogP contribution in [0.1, 0.15) is 24.3 Å². The van der Waals surface area contributed by atoms with Crippen molar-refractivity contribution in [3.05, 3.63) is 36.0 Å². The smallest absolute Gasteiger partial charge is 0.270 e. The summed E-state index contributed by atoms with van der Waals surface area (Å²) in [7, 11) is 0. The highest BCUT2D eigenvalue weighted by Gasteiger charge is 2.29. The molecule has 0 saturated carbocycles. The van der Waals surface area contributed by atoms with Gasteiger partial charge in [0, 0.05) is 37.1 Å². The van der Waals surface area contributed by atoms with Crippen molar-refractivity contribution >= 4 is 22.7 Å². The number of nitrogens with two attached hydrogens (primary N) is 1. The molecule has 3 rings (SSSR count). The number of benzene rings is 1. The average molecular weight is 328 g/mol. The number of carbonyl (C=O) groups is 2.